The molecule has 1 fully saturated rings. The number of nitrogens with two attached hydrogens (primary N) is 1. The molecule has 0 aliphatic carbocycles. The molecule has 1 saturated heterocycles. The number of rotatable bonds is 6. The van der Waals surface area contributed by atoms with Crippen LogP contribution < -0.4 is 15.9 Å². The third-order valence-electron chi connectivity index (χ3n) is 6.43. The van der Waals surface area contributed by atoms with Crippen LogP contribution >= 0.6 is 11.3 Å². The number of thiazole rings is 1. The molecule has 0 bridgehead atoms. The molecule has 5 rings (SSSR count). The highest BCUT2D eigenvalue weighted by Crippen LogP contribution is 2.24. The first-order valence-corrected chi connectivity index (χ1v) is 12.8. The van der Waals surface area contributed by atoms with Crippen LogP contribution in [0.5, 0.6) is 0 Å². The fourth-order valence-corrected chi connectivity index (χ4v) is 5.17. The Bertz CT molecular complexity index is 1480. The van der Waals surface area contributed by atoms with E-state index in [0.29, 0.717) is 22.9 Å². The number of nitrogens with zero attached hydrogens (tertiary/aromatic N) is 5. The fourth-order valence-electron chi connectivity index (χ4n) is 4.26. The molecule has 2 aromatic carbocycles. The minimum Gasteiger partial charge on any atom is -0.328 e. The van der Waals surface area contributed by atoms with E-state index in [1.807, 2.05) is 55.6 Å². The number of fused-ring (bicyclic) bond motifs is 1. The number of likely N-dealkylation sites (tertiary alicyclic amines) is 1. The Labute approximate surface area is 213 Å². The van der Waals surface area contributed by atoms with Gasteiger partial charge in [0.05, 0.1) is 28.6 Å². The van der Waals surface area contributed by atoms with E-state index in [-0.39, 0.29) is 11.6 Å². The highest BCUT2D eigenvalue weighted by molar-refractivity contribution is 7.07. The van der Waals surface area contributed by atoms with Crippen molar-refractivity contribution in [1.29, 1.82) is 0 Å². The van der Waals surface area contributed by atoms with E-state index >= 15 is 0 Å². The van der Waals surface area contributed by atoms with Crippen LogP contribution in [0.3, 0.4) is 0 Å². The Kier molecular flexibility index (Phi) is 7.04. The van der Waals surface area contributed by atoms with E-state index in [1.54, 1.807) is 11.3 Å². The lowest BCUT2D eigenvalue weighted by Crippen LogP contribution is -2.39. The molecule has 9 heteroatoms. The molecule has 1 aliphatic heterocycles. The van der Waals surface area contributed by atoms with Gasteiger partial charge in [-0.2, -0.15) is 0 Å². The normalized spacial score (nSPS) is 15.3. The summed E-state index contributed by atoms with van der Waals surface area (Å²) in [6.45, 7) is 7.11. The van der Waals surface area contributed by atoms with Crippen LogP contribution in [0.15, 0.2) is 71.7 Å². The molecule has 0 atom stereocenters. The number of para-hydroxylation sites is 3. The zero-order chi connectivity index (χ0) is 25.1. The topological polar surface area (TPSA) is 101 Å². The van der Waals surface area contributed by atoms with Crippen molar-refractivity contribution >= 4 is 39.7 Å². The van der Waals surface area contributed by atoms with Crippen molar-refractivity contribution in [1.82, 2.24) is 19.4 Å². The zero-order valence-electron chi connectivity index (χ0n) is 20.2. The van der Waals surface area contributed by atoms with Gasteiger partial charge in [0.2, 0.25) is 0 Å². The maximum absolute atomic E-state index is 13.0. The van der Waals surface area contributed by atoms with Crippen molar-refractivity contribution in [2.45, 2.75) is 25.4 Å². The van der Waals surface area contributed by atoms with Crippen molar-refractivity contribution in [3.05, 3.63) is 88.4 Å². The van der Waals surface area contributed by atoms with E-state index in [4.69, 9.17) is 10.7 Å². The predicted molar refractivity (Wildman–Crippen MR) is 144 cm³/mol. The van der Waals surface area contributed by atoms with Gasteiger partial charge in [-0.25, -0.2) is 9.98 Å². The lowest BCUT2D eigenvalue weighted by Gasteiger charge is -2.29. The summed E-state index contributed by atoms with van der Waals surface area (Å²) in [4.78, 5) is 29.9. The van der Waals surface area contributed by atoms with Crippen molar-refractivity contribution in [3.63, 3.8) is 0 Å². The van der Waals surface area contributed by atoms with Crippen LogP contribution in [0.4, 0.5) is 5.69 Å². The minimum atomic E-state index is -0.335. The predicted octanol–water partition coefficient (Wildman–Crippen LogP) is 3.78. The monoisotopic (exact) mass is 499 g/mol. The number of piperidine rings is 1. The number of hydrogen-bond acceptors (Lipinski definition) is 7. The van der Waals surface area contributed by atoms with Crippen LogP contribution in [0.1, 0.15) is 34.6 Å². The van der Waals surface area contributed by atoms with Gasteiger partial charge in [0.15, 0.2) is 4.80 Å². The Morgan fingerprint density at radius 2 is 1.89 bits per heavy atom. The Morgan fingerprint density at radius 3 is 2.69 bits per heavy atom. The highest BCUT2D eigenvalue weighted by Gasteiger charge is 2.18. The van der Waals surface area contributed by atoms with E-state index in [0.717, 1.165) is 48.4 Å². The minimum absolute atomic E-state index is 0.249. The highest BCUT2D eigenvalue weighted by atomic mass is 32.1. The number of carbonyl (C=O) groups is 1. The molecule has 0 unspecified atom stereocenters. The van der Waals surface area contributed by atoms with Crippen molar-refractivity contribution < 1.29 is 4.79 Å². The Morgan fingerprint density at radius 1 is 1.17 bits per heavy atom. The van der Waals surface area contributed by atoms with Gasteiger partial charge in [0, 0.05) is 49.4 Å². The van der Waals surface area contributed by atoms with Crippen LogP contribution in [0.25, 0.3) is 16.7 Å². The molecule has 0 saturated carbocycles. The summed E-state index contributed by atoms with van der Waals surface area (Å²) in [5.74, 6) is -0.335. The van der Waals surface area contributed by atoms with Crippen molar-refractivity contribution in [3.8, 4) is 0 Å². The van der Waals surface area contributed by atoms with E-state index in [2.05, 4.69) is 36.7 Å². The lowest BCUT2D eigenvalue weighted by atomic mass is 10.1. The summed E-state index contributed by atoms with van der Waals surface area (Å²) in [5.41, 5.74) is 10.9. The van der Waals surface area contributed by atoms with Gasteiger partial charge in [-0.3, -0.25) is 14.7 Å². The van der Waals surface area contributed by atoms with Crippen LogP contribution in [-0.4, -0.2) is 44.5 Å². The average Bonchev–Trinajstić information content (AvgIpc) is 3.23. The third kappa shape index (κ3) is 5.28. The van der Waals surface area contributed by atoms with Crippen molar-refractivity contribution in [2.75, 3.05) is 18.4 Å². The van der Waals surface area contributed by atoms with Gasteiger partial charge in [0.1, 0.15) is 5.69 Å². The molecule has 36 heavy (non-hydrogen) atoms. The number of nitrogens with one attached hydrogen (secondary N) is 1. The maximum atomic E-state index is 13.0. The standard InChI is InChI=1S/C27H29N7OS/c1-18(30-27-33(2)20(17-36-27)16-34-13-11-19(28)12-14-34)21-7-3-4-8-22(21)32-26(35)25-15-29-23-9-5-6-10-24(23)31-25/h3-10,15,17,19H,1,11-14,16,28H2,2H3,(H,32,35). The molecule has 3 N–H and O–H groups in total. The lowest BCUT2D eigenvalue weighted by molar-refractivity contribution is 0.102. The second kappa shape index (κ2) is 10.5. The van der Waals surface area contributed by atoms with E-state index in [9.17, 15) is 4.79 Å². The number of aromatic nitrogens is 3. The number of amides is 1. The summed E-state index contributed by atoms with van der Waals surface area (Å²) in [7, 11) is 2.03. The van der Waals surface area contributed by atoms with Gasteiger partial charge in [0.25, 0.3) is 5.91 Å². The van der Waals surface area contributed by atoms with Crippen LogP contribution in [0.2, 0.25) is 0 Å². The number of hydrogen-bond donors (Lipinski definition) is 2. The molecule has 3 heterocycles. The summed E-state index contributed by atoms with van der Waals surface area (Å²) in [6, 6.07) is 15.3. The molecular formula is C27H29N7OS. The SMILES string of the molecule is C=C(N=c1scc(CN2CCC(N)CC2)n1C)c1ccccc1NC(=O)c1cnc2ccccc2n1. The second-order valence-electron chi connectivity index (χ2n) is 8.98. The first kappa shape index (κ1) is 24.1. The number of anilines is 1. The average molecular weight is 500 g/mol. The van der Waals surface area contributed by atoms with Gasteiger partial charge in [-0.05, 0) is 31.0 Å². The zero-order valence-corrected chi connectivity index (χ0v) is 21.0. The second-order valence-corrected chi connectivity index (χ2v) is 9.82. The molecule has 8 nitrogen and oxygen atoms in total. The first-order chi connectivity index (χ1) is 17.5. The van der Waals surface area contributed by atoms with E-state index in [1.165, 1.54) is 11.9 Å². The van der Waals surface area contributed by atoms with E-state index < -0.39 is 0 Å². The molecule has 2 aromatic heterocycles. The van der Waals surface area contributed by atoms with Gasteiger partial charge < -0.3 is 15.6 Å². The Hall–Kier alpha value is -3.66. The molecule has 1 amide bonds. The summed E-state index contributed by atoms with van der Waals surface area (Å²) < 4.78 is 2.11. The third-order valence-corrected chi connectivity index (χ3v) is 7.40. The first-order valence-electron chi connectivity index (χ1n) is 12.0. The number of benzene rings is 2. The summed E-state index contributed by atoms with van der Waals surface area (Å²) in [5, 5.41) is 5.10. The maximum Gasteiger partial charge on any atom is 0.275 e. The number of carbonyl (C=O) groups excluding carboxylic acids is 1. The quantitative estimate of drug-likeness (QED) is 0.421. The largest absolute Gasteiger partial charge is 0.328 e. The van der Waals surface area contributed by atoms with Gasteiger partial charge in [-0.1, -0.05) is 36.9 Å². The summed E-state index contributed by atoms with van der Waals surface area (Å²) >= 11 is 1.58. The summed E-state index contributed by atoms with van der Waals surface area (Å²) in [6.07, 6.45) is 3.56. The molecule has 0 radical (unpaired) electrons. The fraction of sp³-hybridized carbons (Fsp3) is 0.259. The van der Waals surface area contributed by atoms with Crippen molar-refractivity contribution in [2.24, 2.45) is 17.8 Å². The molecular weight excluding hydrogens is 470 g/mol. The van der Waals surface area contributed by atoms with Crippen LogP contribution in [0, 0.1) is 0 Å². The molecule has 1 aliphatic rings. The van der Waals surface area contributed by atoms with Crippen LogP contribution in [-0.2, 0) is 13.6 Å². The van der Waals surface area contributed by atoms with Gasteiger partial charge in [-0.15, -0.1) is 11.3 Å². The Balaban J connectivity index is 1.34. The van der Waals surface area contributed by atoms with Gasteiger partial charge >= 0.3 is 0 Å². The molecule has 184 valence electrons. The molecule has 0 spiro atoms. The smallest absolute Gasteiger partial charge is 0.275 e. The molecule has 4 aromatic rings.